The first-order valence-corrected chi connectivity index (χ1v) is 9.06. The highest BCUT2D eigenvalue weighted by atomic mass is 35.5. The van der Waals surface area contributed by atoms with Crippen molar-refractivity contribution in [1.82, 2.24) is 15.0 Å². The molecule has 0 aliphatic carbocycles. The highest BCUT2D eigenvalue weighted by Crippen LogP contribution is 2.40. The molecule has 126 valence electrons. The van der Waals surface area contributed by atoms with Gasteiger partial charge in [0, 0.05) is 34.1 Å². The van der Waals surface area contributed by atoms with Gasteiger partial charge in [-0.05, 0) is 31.2 Å². The number of nitrogens with zero attached hydrogens (tertiary/aromatic N) is 3. The predicted octanol–water partition coefficient (Wildman–Crippen LogP) is 3.91. The summed E-state index contributed by atoms with van der Waals surface area (Å²) in [6.07, 6.45) is 3.43. The number of hydrogen-bond acceptors (Lipinski definition) is 6. The standard InChI is InChI=1S/C18H16ClN5S/c1-9(20)14(21)16-17-15(13-11(19)3-2-4-12(13)25-17)23-18(24-16)10-5-7-22-8-6-10/h2-9,14H,20-21H2,1H3. The smallest absolute Gasteiger partial charge is 0.160 e. The van der Waals surface area contributed by atoms with Crippen molar-refractivity contribution in [2.45, 2.75) is 19.0 Å². The van der Waals surface area contributed by atoms with E-state index in [1.54, 1.807) is 23.7 Å². The molecule has 3 aromatic heterocycles. The summed E-state index contributed by atoms with van der Waals surface area (Å²) in [6, 6.07) is 8.96. The molecular formula is C18H16ClN5S. The maximum atomic E-state index is 6.45. The summed E-state index contributed by atoms with van der Waals surface area (Å²) in [7, 11) is 0. The van der Waals surface area contributed by atoms with E-state index in [9.17, 15) is 0 Å². The second kappa shape index (κ2) is 6.31. The minimum atomic E-state index is -0.391. The topological polar surface area (TPSA) is 90.7 Å². The zero-order valence-corrected chi connectivity index (χ0v) is 15.1. The van der Waals surface area contributed by atoms with Crippen LogP contribution < -0.4 is 11.5 Å². The second-order valence-electron chi connectivity index (χ2n) is 5.95. The predicted molar refractivity (Wildman–Crippen MR) is 104 cm³/mol. The van der Waals surface area contributed by atoms with Crippen LogP contribution in [0, 0.1) is 0 Å². The fourth-order valence-electron chi connectivity index (χ4n) is 2.77. The van der Waals surface area contributed by atoms with Crippen LogP contribution in [0.1, 0.15) is 18.7 Å². The molecule has 4 rings (SSSR count). The van der Waals surface area contributed by atoms with Gasteiger partial charge in [-0.1, -0.05) is 17.7 Å². The van der Waals surface area contributed by atoms with Gasteiger partial charge in [0.05, 0.1) is 27.0 Å². The third kappa shape index (κ3) is 2.77. The number of hydrogen-bond donors (Lipinski definition) is 2. The molecule has 0 bridgehead atoms. The van der Waals surface area contributed by atoms with E-state index in [1.807, 2.05) is 37.3 Å². The molecule has 0 saturated carbocycles. The SMILES string of the molecule is CC(N)C(N)c1nc(-c2ccncc2)nc2c1sc1cccc(Cl)c12. The Morgan fingerprint density at radius 1 is 1.08 bits per heavy atom. The summed E-state index contributed by atoms with van der Waals surface area (Å²) in [5.41, 5.74) is 14.9. The van der Waals surface area contributed by atoms with Crippen molar-refractivity contribution in [3.63, 3.8) is 0 Å². The fourth-order valence-corrected chi connectivity index (χ4v) is 4.30. The van der Waals surface area contributed by atoms with Crippen LogP contribution in [0.2, 0.25) is 5.02 Å². The maximum Gasteiger partial charge on any atom is 0.160 e. The summed E-state index contributed by atoms with van der Waals surface area (Å²) < 4.78 is 1.99. The van der Waals surface area contributed by atoms with Crippen molar-refractivity contribution in [2.75, 3.05) is 0 Å². The van der Waals surface area contributed by atoms with Crippen molar-refractivity contribution in [2.24, 2.45) is 11.5 Å². The Morgan fingerprint density at radius 2 is 1.84 bits per heavy atom. The molecule has 0 saturated heterocycles. The first-order chi connectivity index (χ1) is 12.1. The molecule has 4 N–H and O–H groups in total. The molecule has 3 heterocycles. The summed E-state index contributed by atoms with van der Waals surface area (Å²) in [6.45, 7) is 1.88. The highest BCUT2D eigenvalue weighted by Gasteiger charge is 2.22. The van der Waals surface area contributed by atoms with E-state index in [0.29, 0.717) is 10.8 Å². The molecule has 0 amide bonds. The quantitative estimate of drug-likeness (QED) is 0.571. The normalized spacial score (nSPS) is 14.1. The molecule has 2 unspecified atom stereocenters. The van der Waals surface area contributed by atoms with E-state index in [0.717, 1.165) is 31.6 Å². The summed E-state index contributed by atoms with van der Waals surface area (Å²) >= 11 is 8.05. The molecule has 0 fully saturated rings. The Labute approximate surface area is 153 Å². The molecule has 7 heteroatoms. The zero-order valence-electron chi connectivity index (χ0n) is 13.5. The Balaban J connectivity index is 2.10. The van der Waals surface area contributed by atoms with Gasteiger partial charge in [-0.2, -0.15) is 0 Å². The van der Waals surface area contributed by atoms with Crippen molar-refractivity contribution in [1.29, 1.82) is 0 Å². The Hall–Kier alpha value is -2.12. The number of aromatic nitrogens is 3. The summed E-state index contributed by atoms with van der Waals surface area (Å²) in [4.78, 5) is 13.6. The lowest BCUT2D eigenvalue weighted by atomic mass is 10.1. The average molecular weight is 370 g/mol. The van der Waals surface area contributed by atoms with Crippen LogP contribution in [-0.4, -0.2) is 21.0 Å². The molecule has 5 nitrogen and oxygen atoms in total. The van der Waals surface area contributed by atoms with E-state index in [4.69, 9.17) is 33.0 Å². The number of nitrogens with two attached hydrogens (primary N) is 2. The van der Waals surface area contributed by atoms with Gasteiger partial charge in [-0.15, -0.1) is 11.3 Å². The number of benzene rings is 1. The number of rotatable bonds is 3. The molecular weight excluding hydrogens is 354 g/mol. The molecule has 0 spiro atoms. The van der Waals surface area contributed by atoms with Crippen LogP contribution in [0.25, 0.3) is 31.7 Å². The van der Waals surface area contributed by atoms with Gasteiger partial charge in [0.2, 0.25) is 0 Å². The molecule has 0 aliphatic heterocycles. The van der Waals surface area contributed by atoms with Gasteiger partial charge in [0.25, 0.3) is 0 Å². The van der Waals surface area contributed by atoms with Gasteiger partial charge in [-0.3, -0.25) is 4.98 Å². The third-order valence-electron chi connectivity index (χ3n) is 4.14. The minimum Gasteiger partial charge on any atom is -0.326 e. The largest absolute Gasteiger partial charge is 0.326 e. The summed E-state index contributed by atoms with van der Waals surface area (Å²) in [5.74, 6) is 0.598. The molecule has 4 aromatic rings. The first-order valence-electron chi connectivity index (χ1n) is 7.86. The zero-order chi connectivity index (χ0) is 17.6. The highest BCUT2D eigenvalue weighted by molar-refractivity contribution is 7.26. The molecule has 2 atom stereocenters. The van der Waals surface area contributed by atoms with Crippen LogP contribution in [0.3, 0.4) is 0 Å². The van der Waals surface area contributed by atoms with E-state index in [2.05, 4.69) is 4.98 Å². The van der Waals surface area contributed by atoms with E-state index in [-0.39, 0.29) is 6.04 Å². The fraction of sp³-hybridized carbons (Fsp3) is 0.167. The molecule has 0 aliphatic rings. The number of fused-ring (bicyclic) bond motifs is 3. The maximum absolute atomic E-state index is 6.45. The average Bonchev–Trinajstić information content (AvgIpc) is 3.00. The lowest BCUT2D eigenvalue weighted by Gasteiger charge is -2.16. The lowest BCUT2D eigenvalue weighted by Crippen LogP contribution is -2.32. The first kappa shape index (κ1) is 16.4. The summed E-state index contributed by atoms with van der Waals surface area (Å²) in [5, 5.41) is 1.60. The van der Waals surface area contributed by atoms with Crippen molar-refractivity contribution in [3.8, 4) is 11.4 Å². The number of halogens is 1. The third-order valence-corrected chi connectivity index (χ3v) is 5.62. The van der Waals surface area contributed by atoms with E-state index < -0.39 is 6.04 Å². The number of thiophene rings is 1. The van der Waals surface area contributed by atoms with Crippen LogP contribution in [0.15, 0.2) is 42.7 Å². The monoisotopic (exact) mass is 369 g/mol. The molecule has 0 radical (unpaired) electrons. The van der Waals surface area contributed by atoms with Gasteiger partial charge in [0.15, 0.2) is 5.82 Å². The minimum absolute atomic E-state index is 0.232. The van der Waals surface area contributed by atoms with Gasteiger partial charge in [0.1, 0.15) is 0 Å². The van der Waals surface area contributed by atoms with Crippen LogP contribution in [0.4, 0.5) is 0 Å². The van der Waals surface area contributed by atoms with Gasteiger partial charge >= 0.3 is 0 Å². The molecule has 25 heavy (non-hydrogen) atoms. The number of pyridine rings is 1. The van der Waals surface area contributed by atoms with Crippen LogP contribution >= 0.6 is 22.9 Å². The second-order valence-corrected chi connectivity index (χ2v) is 7.41. The van der Waals surface area contributed by atoms with Gasteiger partial charge in [-0.25, -0.2) is 9.97 Å². The Kier molecular flexibility index (Phi) is 4.13. The van der Waals surface area contributed by atoms with Crippen molar-refractivity contribution < 1.29 is 0 Å². The van der Waals surface area contributed by atoms with E-state index >= 15 is 0 Å². The van der Waals surface area contributed by atoms with Crippen LogP contribution in [-0.2, 0) is 0 Å². The van der Waals surface area contributed by atoms with Crippen LogP contribution in [0.5, 0.6) is 0 Å². The van der Waals surface area contributed by atoms with Crippen molar-refractivity contribution in [3.05, 3.63) is 53.4 Å². The molecule has 1 aromatic carbocycles. The van der Waals surface area contributed by atoms with Gasteiger partial charge < -0.3 is 11.5 Å². The van der Waals surface area contributed by atoms with E-state index in [1.165, 1.54) is 0 Å². The Bertz CT molecular complexity index is 1060. The van der Waals surface area contributed by atoms with Crippen molar-refractivity contribution >= 4 is 43.2 Å². The Morgan fingerprint density at radius 3 is 2.56 bits per heavy atom. The lowest BCUT2D eigenvalue weighted by molar-refractivity contribution is 0.579.